The number of fused-ring (bicyclic) bond motifs is 1. The highest BCUT2D eigenvalue weighted by atomic mass is 32.2. The average Bonchev–Trinajstić information content (AvgIpc) is 3.33. The number of likely N-dealkylation sites (tertiary alicyclic amines) is 1. The number of benzene rings is 1. The summed E-state index contributed by atoms with van der Waals surface area (Å²) in [5, 5.41) is 0. The van der Waals surface area contributed by atoms with Crippen molar-refractivity contribution in [2.24, 2.45) is 5.92 Å². The van der Waals surface area contributed by atoms with Gasteiger partial charge in [-0.05, 0) is 38.8 Å². The fourth-order valence-electron chi connectivity index (χ4n) is 4.58. The second-order valence-electron chi connectivity index (χ2n) is 8.36. The number of carbonyl (C=O) groups is 2. The Bertz CT molecular complexity index is 1110. The van der Waals surface area contributed by atoms with Crippen molar-refractivity contribution in [2.45, 2.75) is 31.6 Å². The summed E-state index contributed by atoms with van der Waals surface area (Å²) in [7, 11) is -3.73. The third-order valence-electron chi connectivity index (χ3n) is 6.49. The lowest BCUT2D eigenvalue weighted by Crippen LogP contribution is -2.55. The molecule has 4 rings (SSSR count). The molecule has 2 fully saturated rings. The van der Waals surface area contributed by atoms with Crippen molar-refractivity contribution in [3.05, 3.63) is 18.2 Å². The van der Waals surface area contributed by atoms with Crippen LogP contribution in [0.4, 0.5) is 4.79 Å². The maximum absolute atomic E-state index is 13.2. The maximum atomic E-state index is 13.2. The highest BCUT2D eigenvalue weighted by Gasteiger charge is 2.36. The summed E-state index contributed by atoms with van der Waals surface area (Å²) in [6, 6.07) is 4.96. The molecule has 0 N–H and O–H groups in total. The van der Waals surface area contributed by atoms with Crippen molar-refractivity contribution >= 4 is 44.7 Å². The van der Waals surface area contributed by atoms with Crippen LogP contribution in [0, 0.1) is 5.92 Å². The van der Waals surface area contributed by atoms with Gasteiger partial charge < -0.3 is 14.7 Å². The molecule has 3 heterocycles. The summed E-state index contributed by atoms with van der Waals surface area (Å²) in [6.45, 7) is 7.42. The molecular formula is C21H30N6O4S2. The smallest absolute Gasteiger partial charge is 0.320 e. The van der Waals surface area contributed by atoms with Crippen molar-refractivity contribution in [3.8, 4) is 0 Å². The third kappa shape index (κ3) is 4.69. The predicted octanol–water partition coefficient (Wildman–Crippen LogP) is 1.70. The number of nitrogens with zero attached hydrogens (tertiary/aromatic N) is 6. The van der Waals surface area contributed by atoms with Gasteiger partial charge in [0.25, 0.3) is 0 Å². The van der Waals surface area contributed by atoms with E-state index in [1.165, 1.54) is 4.31 Å². The van der Waals surface area contributed by atoms with E-state index in [2.05, 4.69) is 8.75 Å². The molecule has 12 heteroatoms. The number of rotatable bonds is 5. The fraction of sp³-hybridized carbons (Fsp3) is 0.619. The van der Waals surface area contributed by atoms with E-state index in [-0.39, 0.29) is 35.8 Å². The highest BCUT2D eigenvalue weighted by molar-refractivity contribution is 7.89. The van der Waals surface area contributed by atoms with Crippen molar-refractivity contribution in [3.63, 3.8) is 0 Å². The molecule has 1 atom stereocenters. The minimum atomic E-state index is -3.73. The van der Waals surface area contributed by atoms with Gasteiger partial charge >= 0.3 is 6.03 Å². The number of amides is 3. The summed E-state index contributed by atoms with van der Waals surface area (Å²) < 4.78 is 36.2. The molecule has 180 valence electrons. The summed E-state index contributed by atoms with van der Waals surface area (Å²) in [4.78, 5) is 31.4. The lowest BCUT2D eigenvalue weighted by molar-refractivity contribution is -0.138. The van der Waals surface area contributed by atoms with Gasteiger partial charge in [0.05, 0.1) is 17.6 Å². The van der Waals surface area contributed by atoms with Crippen LogP contribution in [0.1, 0.15) is 26.7 Å². The Kier molecular flexibility index (Phi) is 7.15. The van der Waals surface area contributed by atoms with Gasteiger partial charge in [-0.1, -0.05) is 6.07 Å². The molecule has 2 saturated heterocycles. The Morgan fingerprint density at radius 3 is 2.48 bits per heavy atom. The fourth-order valence-corrected chi connectivity index (χ4v) is 6.76. The molecule has 2 aliphatic rings. The lowest BCUT2D eigenvalue weighted by Gasteiger charge is -2.39. The molecule has 0 spiro atoms. The van der Waals surface area contributed by atoms with Gasteiger partial charge in [0.1, 0.15) is 15.9 Å². The molecule has 0 bridgehead atoms. The number of hydrogen-bond donors (Lipinski definition) is 0. The Morgan fingerprint density at radius 2 is 1.79 bits per heavy atom. The monoisotopic (exact) mass is 494 g/mol. The van der Waals surface area contributed by atoms with Gasteiger partial charge in [0.15, 0.2) is 0 Å². The van der Waals surface area contributed by atoms with Crippen molar-refractivity contribution < 1.29 is 18.0 Å². The number of piperidine rings is 1. The third-order valence-corrected chi connectivity index (χ3v) is 8.97. The normalized spacial score (nSPS) is 20.2. The molecule has 3 amide bonds. The summed E-state index contributed by atoms with van der Waals surface area (Å²) in [6.07, 6.45) is 1.54. The van der Waals surface area contributed by atoms with E-state index >= 15 is 0 Å². The van der Waals surface area contributed by atoms with Gasteiger partial charge in [-0.25, -0.2) is 13.2 Å². The lowest BCUT2D eigenvalue weighted by atomic mass is 9.96. The average molecular weight is 495 g/mol. The number of urea groups is 1. The Morgan fingerprint density at radius 1 is 1.06 bits per heavy atom. The van der Waals surface area contributed by atoms with Gasteiger partial charge in [-0.15, -0.1) is 0 Å². The van der Waals surface area contributed by atoms with Crippen LogP contribution in [-0.2, 0) is 14.8 Å². The van der Waals surface area contributed by atoms with E-state index in [0.717, 1.165) is 24.6 Å². The van der Waals surface area contributed by atoms with Gasteiger partial charge in [0.2, 0.25) is 15.9 Å². The molecule has 10 nitrogen and oxygen atoms in total. The largest absolute Gasteiger partial charge is 0.340 e. The first-order valence-electron chi connectivity index (χ1n) is 11.4. The Hall–Kier alpha value is -2.31. The van der Waals surface area contributed by atoms with E-state index in [9.17, 15) is 18.0 Å². The van der Waals surface area contributed by atoms with Crippen LogP contribution in [0.2, 0.25) is 0 Å². The molecule has 0 radical (unpaired) electrons. The second kappa shape index (κ2) is 9.90. The van der Waals surface area contributed by atoms with E-state index in [4.69, 9.17) is 0 Å². The summed E-state index contributed by atoms with van der Waals surface area (Å²) >= 11 is 0.990. The SMILES string of the molecule is CCN(CC)C(=O)N1CCCC(C(=O)N2CCN(S(=O)(=O)c3cccc4nsnc34)CC2)C1. The van der Waals surface area contributed by atoms with Crippen LogP contribution in [0.25, 0.3) is 11.0 Å². The number of piperazine rings is 1. The quantitative estimate of drug-likeness (QED) is 0.626. The van der Waals surface area contributed by atoms with E-state index in [0.29, 0.717) is 50.3 Å². The van der Waals surface area contributed by atoms with Crippen LogP contribution >= 0.6 is 11.7 Å². The Balaban J connectivity index is 1.39. The first kappa shape index (κ1) is 23.8. The minimum Gasteiger partial charge on any atom is -0.340 e. The molecule has 0 saturated carbocycles. The summed E-state index contributed by atoms with van der Waals surface area (Å²) in [5.41, 5.74) is 0.956. The number of carbonyl (C=O) groups excluding carboxylic acids is 2. The molecule has 2 aliphatic heterocycles. The molecular weight excluding hydrogens is 464 g/mol. The zero-order valence-electron chi connectivity index (χ0n) is 19.0. The van der Waals surface area contributed by atoms with Crippen LogP contribution in [0.15, 0.2) is 23.1 Å². The van der Waals surface area contributed by atoms with Crippen molar-refractivity contribution in [2.75, 3.05) is 52.4 Å². The van der Waals surface area contributed by atoms with Crippen LogP contribution in [0.5, 0.6) is 0 Å². The van der Waals surface area contributed by atoms with E-state index < -0.39 is 10.0 Å². The number of sulfonamides is 1. The minimum absolute atomic E-state index is 0.00916. The van der Waals surface area contributed by atoms with Crippen molar-refractivity contribution in [1.29, 1.82) is 0 Å². The predicted molar refractivity (Wildman–Crippen MR) is 125 cm³/mol. The Labute approximate surface area is 198 Å². The number of hydrogen-bond acceptors (Lipinski definition) is 7. The van der Waals surface area contributed by atoms with E-state index in [1.807, 2.05) is 13.8 Å². The maximum Gasteiger partial charge on any atom is 0.320 e. The zero-order valence-corrected chi connectivity index (χ0v) is 20.6. The zero-order chi connectivity index (χ0) is 23.6. The number of aromatic nitrogens is 2. The van der Waals surface area contributed by atoms with Crippen molar-refractivity contribution in [1.82, 2.24) is 27.8 Å². The highest BCUT2D eigenvalue weighted by Crippen LogP contribution is 2.26. The summed E-state index contributed by atoms with van der Waals surface area (Å²) in [5.74, 6) is -0.230. The van der Waals surface area contributed by atoms with E-state index in [1.54, 1.807) is 32.9 Å². The topological polar surface area (TPSA) is 107 Å². The first-order valence-corrected chi connectivity index (χ1v) is 13.6. The van der Waals surface area contributed by atoms with Crippen LogP contribution in [0.3, 0.4) is 0 Å². The molecule has 1 unspecified atom stereocenters. The van der Waals surface area contributed by atoms with Crippen LogP contribution < -0.4 is 0 Å². The van der Waals surface area contributed by atoms with Gasteiger partial charge in [0, 0.05) is 52.4 Å². The first-order chi connectivity index (χ1) is 15.9. The van der Waals surface area contributed by atoms with Gasteiger partial charge in [-0.2, -0.15) is 13.1 Å². The second-order valence-corrected chi connectivity index (χ2v) is 10.8. The van der Waals surface area contributed by atoms with Gasteiger partial charge in [-0.3, -0.25) is 4.79 Å². The standard InChI is InChI=1S/C21H30N6O4S2/c1-3-24(4-2)21(29)26-10-6-7-16(15-26)20(28)25-11-13-27(14-12-25)33(30,31)18-9-5-8-17-19(18)23-32-22-17/h5,8-9,16H,3-4,6-7,10-15H2,1-2H3. The molecule has 2 aromatic rings. The molecule has 33 heavy (non-hydrogen) atoms. The molecule has 1 aromatic carbocycles. The molecule has 0 aliphatic carbocycles. The van der Waals surface area contributed by atoms with Crippen LogP contribution in [-0.4, -0.2) is 100 Å². The molecule has 1 aromatic heterocycles.